The molecule has 1 saturated carbocycles. The van der Waals surface area contributed by atoms with Gasteiger partial charge in [0.1, 0.15) is 12.3 Å². The minimum absolute atomic E-state index is 0.0317. The Balaban J connectivity index is 1.35. The number of carboxylic acid groups (broad SMARTS) is 1. The zero-order valence-electron chi connectivity index (χ0n) is 15.2. The fraction of sp³-hybridized carbons (Fsp3) is 0.300. The van der Waals surface area contributed by atoms with Crippen molar-refractivity contribution < 1.29 is 23.8 Å². The molecule has 3 aromatic rings. The van der Waals surface area contributed by atoms with Crippen molar-refractivity contribution in [2.24, 2.45) is 5.92 Å². The molecule has 29 heavy (non-hydrogen) atoms. The van der Waals surface area contributed by atoms with Crippen molar-refractivity contribution in [3.05, 3.63) is 51.9 Å². The zero-order valence-corrected chi connectivity index (χ0v) is 16.0. The SMILES string of the molecule is O=C(O)C1CC(OCCOc2cnc(-c3cc(=O)c4cccc(Cl)c4o3)cn2)C1. The van der Waals surface area contributed by atoms with Crippen LogP contribution < -0.4 is 10.2 Å². The van der Waals surface area contributed by atoms with Gasteiger partial charge in [0.2, 0.25) is 5.88 Å². The number of benzene rings is 1. The maximum absolute atomic E-state index is 12.3. The molecule has 0 unspecified atom stereocenters. The van der Waals surface area contributed by atoms with Crippen LogP contribution in [0.15, 0.2) is 45.9 Å². The predicted octanol–water partition coefficient (Wildman–Crippen LogP) is 3.16. The van der Waals surface area contributed by atoms with Crippen LogP contribution in [0.2, 0.25) is 5.02 Å². The molecule has 150 valence electrons. The standard InChI is InChI=1S/C20H17ClN2O6/c21-14-3-1-2-13-16(24)8-17(29-19(13)14)15-9-23-18(10-22-15)28-5-4-27-12-6-11(7-12)20(25)26/h1-3,8-12H,4-7H2,(H,25,26). The Kier molecular flexibility index (Phi) is 5.46. The highest BCUT2D eigenvalue weighted by atomic mass is 35.5. The number of aromatic nitrogens is 2. The second-order valence-electron chi connectivity index (χ2n) is 6.68. The van der Waals surface area contributed by atoms with Crippen molar-refractivity contribution in [1.82, 2.24) is 9.97 Å². The van der Waals surface area contributed by atoms with Crippen LogP contribution in [-0.4, -0.2) is 40.4 Å². The Labute approximate surface area is 170 Å². The van der Waals surface area contributed by atoms with Gasteiger partial charge in [0.05, 0.1) is 41.4 Å². The minimum atomic E-state index is -0.777. The summed E-state index contributed by atoms with van der Waals surface area (Å²) in [6.07, 6.45) is 3.90. The molecule has 0 spiro atoms. The van der Waals surface area contributed by atoms with Crippen LogP contribution in [0.4, 0.5) is 0 Å². The fourth-order valence-electron chi connectivity index (χ4n) is 3.05. The summed E-state index contributed by atoms with van der Waals surface area (Å²) in [6, 6.07) is 6.33. The number of carboxylic acids is 1. The number of ether oxygens (including phenoxy) is 2. The number of aliphatic carboxylic acids is 1. The van der Waals surface area contributed by atoms with E-state index in [-0.39, 0.29) is 29.8 Å². The van der Waals surface area contributed by atoms with Gasteiger partial charge in [0, 0.05) is 6.07 Å². The number of fused-ring (bicyclic) bond motifs is 1. The molecule has 0 bridgehead atoms. The summed E-state index contributed by atoms with van der Waals surface area (Å²) < 4.78 is 16.7. The maximum atomic E-state index is 12.3. The highest BCUT2D eigenvalue weighted by Gasteiger charge is 2.34. The highest BCUT2D eigenvalue weighted by Crippen LogP contribution is 2.30. The lowest BCUT2D eigenvalue weighted by atomic mass is 9.82. The Bertz CT molecular complexity index is 1090. The maximum Gasteiger partial charge on any atom is 0.306 e. The van der Waals surface area contributed by atoms with Crippen molar-refractivity contribution in [1.29, 1.82) is 0 Å². The van der Waals surface area contributed by atoms with Crippen LogP contribution >= 0.6 is 11.6 Å². The molecule has 0 amide bonds. The second kappa shape index (κ2) is 8.18. The summed E-state index contributed by atoms with van der Waals surface area (Å²) in [5, 5.41) is 9.57. The molecule has 1 aliphatic rings. The van der Waals surface area contributed by atoms with Crippen molar-refractivity contribution in [3.63, 3.8) is 0 Å². The monoisotopic (exact) mass is 416 g/mol. The smallest absolute Gasteiger partial charge is 0.306 e. The Morgan fingerprint density at radius 1 is 1.24 bits per heavy atom. The minimum Gasteiger partial charge on any atom is -0.481 e. The Morgan fingerprint density at radius 3 is 2.79 bits per heavy atom. The van der Waals surface area contributed by atoms with E-state index in [1.807, 2.05) is 0 Å². The molecule has 1 aromatic carbocycles. The number of halogens is 1. The number of nitrogens with zero attached hydrogens (tertiary/aromatic N) is 2. The molecule has 2 aromatic heterocycles. The van der Waals surface area contributed by atoms with Crippen LogP contribution in [0.5, 0.6) is 5.88 Å². The molecule has 1 fully saturated rings. The molecular weight excluding hydrogens is 400 g/mol. The molecule has 1 N–H and O–H groups in total. The molecule has 0 atom stereocenters. The first kappa shape index (κ1) is 19.4. The molecular formula is C20H17ClN2O6. The Morgan fingerprint density at radius 2 is 2.07 bits per heavy atom. The van der Waals surface area contributed by atoms with Crippen LogP contribution in [0.25, 0.3) is 22.4 Å². The van der Waals surface area contributed by atoms with Gasteiger partial charge in [0.15, 0.2) is 16.8 Å². The number of hydrogen-bond acceptors (Lipinski definition) is 7. The third-order valence-corrected chi connectivity index (χ3v) is 5.02. The van der Waals surface area contributed by atoms with E-state index >= 15 is 0 Å². The van der Waals surface area contributed by atoms with Crippen molar-refractivity contribution in [3.8, 4) is 17.3 Å². The second-order valence-corrected chi connectivity index (χ2v) is 7.09. The van der Waals surface area contributed by atoms with Crippen LogP contribution in [0.3, 0.4) is 0 Å². The third-order valence-electron chi connectivity index (χ3n) is 4.72. The molecule has 1 aliphatic carbocycles. The fourth-order valence-corrected chi connectivity index (χ4v) is 3.26. The van der Waals surface area contributed by atoms with Crippen molar-refractivity contribution in [2.45, 2.75) is 18.9 Å². The highest BCUT2D eigenvalue weighted by molar-refractivity contribution is 6.34. The van der Waals surface area contributed by atoms with Crippen LogP contribution in [0, 0.1) is 5.92 Å². The van der Waals surface area contributed by atoms with E-state index in [0.717, 1.165) is 0 Å². The zero-order chi connectivity index (χ0) is 20.4. The molecule has 0 aliphatic heterocycles. The van der Waals surface area contributed by atoms with Gasteiger partial charge in [-0.2, -0.15) is 0 Å². The van der Waals surface area contributed by atoms with Gasteiger partial charge in [-0.15, -0.1) is 0 Å². The topological polar surface area (TPSA) is 112 Å². The van der Waals surface area contributed by atoms with Gasteiger partial charge >= 0.3 is 5.97 Å². The number of para-hydroxylation sites is 1. The summed E-state index contributed by atoms with van der Waals surface area (Å²) in [4.78, 5) is 31.4. The van der Waals surface area contributed by atoms with Gasteiger partial charge in [-0.25, -0.2) is 9.97 Å². The first-order valence-electron chi connectivity index (χ1n) is 9.03. The molecule has 0 radical (unpaired) electrons. The summed E-state index contributed by atoms with van der Waals surface area (Å²) >= 11 is 6.12. The van der Waals surface area contributed by atoms with Gasteiger partial charge in [-0.3, -0.25) is 9.59 Å². The summed E-state index contributed by atoms with van der Waals surface area (Å²) in [7, 11) is 0. The van der Waals surface area contributed by atoms with Crippen molar-refractivity contribution in [2.75, 3.05) is 13.2 Å². The molecule has 4 rings (SSSR count). The normalized spacial score (nSPS) is 18.4. The average molecular weight is 417 g/mol. The third kappa shape index (κ3) is 4.23. The van der Waals surface area contributed by atoms with E-state index < -0.39 is 5.97 Å². The van der Waals surface area contributed by atoms with E-state index in [9.17, 15) is 9.59 Å². The van der Waals surface area contributed by atoms with Gasteiger partial charge in [-0.1, -0.05) is 17.7 Å². The molecule has 9 heteroatoms. The van der Waals surface area contributed by atoms with Crippen LogP contribution in [0.1, 0.15) is 12.8 Å². The van der Waals surface area contributed by atoms with Crippen LogP contribution in [-0.2, 0) is 9.53 Å². The number of rotatable bonds is 7. The van der Waals surface area contributed by atoms with Gasteiger partial charge in [-0.05, 0) is 25.0 Å². The van der Waals surface area contributed by atoms with E-state index in [2.05, 4.69) is 9.97 Å². The number of hydrogen-bond donors (Lipinski definition) is 1. The first-order chi connectivity index (χ1) is 14.0. The first-order valence-corrected chi connectivity index (χ1v) is 9.41. The lowest BCUT2D eigenvalue weighted by Crippen LogP contribution is -2.37. The average Bonchev–Trinajstić information content (AvgIpc) is 2.67. The van der Waals surface area contributed by atoms with Gasteiger partial charge < -0.3 is 19.0 Å². The quantitative estimate of drug-likeness (QED) is 0.584. The predicted molar refractivity (Wildman–Crippen MR) is 104 cm³/mol. The summed E-state index contributed by atoms with van der Waals surface area (Å²) in [5.41, 5.74) is 0.461. The lowest BCUT2D eigenvalue weighted by molar-refractivity contribution is -0.151. The van der Waals surface area contributed by atoms with E-state index in [0.29, 0.717) is 47.0 Å². The largest absolute Gasteiger partial charge is 0.481 e. The number of carbonyl (C=O) groups is 1. The van der Waals surface area contributed by atoms with E-state index in [4.69, 9.17) is 30.6 Å². The van der Waals surface area contributed by atoms with E-state index in [1.54, 1.807) is 18.2 Å². The van der Waals surface area contributed by atoms with Gasteiger partial charge in [0.25, 0.3) is 0 Å². The summed E-state index contributed by atoms with van der Waals surface area (Å²) in [5.74, 6) is -0.517. The molecule has 2 heterocycles. The lowest BCUT2D eigenvalue weighted by Gasteiger charge is -2.31. The summed E-state index contributed by atoms with van der Waals surface area (Å²) in [6.45, 7) is 0.599. The van der Waals surface area contributed by atoms with Crippen molar-refractivity contribution >= 4 is 28.5 Å². The van der Waals surface area contributed by atoms with E-state index in [1.165, 1.54) is 18.5 Å². The molecule has 8 nitrogen and oxygen atoms in total. The Hall–Kier alpha value is -2.97. The molecule has 0 saturated heterocycles.